The van der Waals surface area contributed by atoms with E-state index in [9.17, 15) is 9.18 Å². The Kier molecular flexibility index (Phi) is 4.94. The van der Waals surface area contributed by atoms with E-state index in [1.165, 1.54) is 18.3 Å². The van der Waals surface area contributed by atoms with Gasteiger partial charge in [-0.3, -0.25) is 4.79 Å². The van der Waals surface area contributed by atoms with E-state index in [0.717, 1.165) is 12.8 Å². The molecular weight excluding hydrogens is 333 g/mol. The molecule has 5 nitrogen and oxygen atoms in total. The third-order valence-electron chi connectivity index (χ3n) is 4.27. The summed E-state index contributed by atoms with van der Waals surface area (Å²) < 4.78 is 13.1. The zero-order chi connectivity index (χ0) is 17.1. The molecular formula is C17H17ClFN3O2. The second-order valence-corrected chi connectivity index (χ2v) is 6.34. The van der Waals surface area contributed by atoms with Crippen molar-refractivity contribution in [1.82, 2.24) is 9.97 Å². The lowest BCUT2D eigenvalue weighted by Gasteiger charge is -2.26. The molecule has 1 aromatic heterocycles. The second kappa shape index (κ2) is 7.13. The molecule has 0 bridgehead atoms. The zero-order valence-corrected chi connectivity index (χ0v) is 13.6. The summed E-state index contributed by atoms with van der Waals surface area (Å²) >= 11 is 6.16. The van der Waals surface area contributed by atoms with Crippen LogP contribution in [0.25, 0.3) is 11.3 Å². The number of carboxylic acids is 1. The highest BCUT2D eigenvalue weighted by Crippen LogP contribution is 2.29. The average Bonchev–Trinajstić information content (AvgIpc) is 2.58. The highest BCUT2D eigenvalue weighted by Gasteiger charge is 2.26. The van der Waals surface area contributed by atoms with Crippen molar-refractivity contribution in [3.63, 3.8) is 0 Å². The van der Waals surface area contributed by atoms with Crippen LogP contribution in [0.5, 0.6) is 0 Å². The Morgan fingerprint density at radius 3 is 2.50 bits per heavy atom. The molecule has 0 saturated heterocycles. The molecule has 1 aliphatic rings. The number of rotatable bonds is 4. The van der Waals surface area contributed by atoms with E-state index in [0.29, 0.717) is 35.1 Å². The van der Waals surface area contributed by atoms with E-state index < -0.39 is 5.97 Å². The quantitative estimate of drug-likeness (QED) is 0.872. The summed E-state index contributed by atoms with van der Waals surface area (Å²) in [5.74, 6) is -0.867. The first-order valence-electron chi connectivity index (χ1n) is 7.81. The van der Waals surface area contributed by atoms with Crippen molar-refractivity contribution in [1.29, 1.82) is 0 Å². The molecule has 0 radical (unpaired) electrons. The lowest BCUT2D eigenvalue weighted by atomic mass is 9.86. The Bertz CT molecular complexity index is 731. The molecule has 7 heteroatoms. The highest BCUT2D eigenvalue weighted by molar-refractivity contribution is 6.32. The van der Waals surface area contributed by atoms with Crippen LogP contribution in [-0.2, 0) is 4.79 Å². The molecule has 0 atom stereocenters. The van der Waals surface area contributed by atoms with Crippen molar-refractivity contribution in [2.45, 2.75) is 31.7 Å². The number of nitrogens with zero attached hydrogens (tertiary/aromatic N) is 2. The van der Waals surface area contributed by atoms with Gasteiger partial charge in [-0.25, -0.2) is 14.4 Å². The molecule has 0 spiro atoms. The third-order valence-corrected chi connectivity index (χ3v) is 4.55. The van der Waals surface area contributed by atoms with E-state index in [1.54, 1.807) is 12.1 Å². The van der Waals surface area contributed by atoms with Crippen molar-refractivity contribution >= 4 is 23.5 Å². The Morgan fingerprint density at radius 1 is 1.21 bits per heavy atom. The number of benzene rings is 1. The number of hydrogen-bond acceptors (Lipinski definition) is 4. The van der Waals surface area contributed by atoms with Crippen LogP contribution in [0.2, 0.25) is 5.02 Å². The summed E-state index contributed by atoms with van der Waals surface area (Å²) in [4.78, 5) is 19.6. The lowest BCUT2D eigenvalue weighted by molar-refractivity contribution is -0.142. The summed E-state index contributed by atoms with van der Waals surface area (Å²) in [7, 11) is 0. The van der Waals surface area contributed by atoms with Gasteiger partial charge in [0.25, 0.3) is 0 Å². The van der Waals surface area contributed by atoms with E-state index in [2.05, 4.69) is 15.3 Å². The molecule has 1 saturated carbocycles. The SMILES string of the molecule is O=C(O)[C@H]1CC[C@@H](Nc2ncc(Cl)c(-c3ccc(F)cc3)n2)CC1. The van der Waals surface area contributed by atoms with Gasteiger partial charge in [0.05, 0.1) is 22.8 Å². The minimum atomic E-state index is -0.727. The largest absolute Gasteiger partial charge is 0.481 e. The second-order valence-electron chi connectivity index (χ2n) is 5.93. The number of carbonyl (C=O) groups is 1. The monoisotopic (exact) mass is 349 g/mol. The van der Waals surface area contributed by atoms with Crippen LogP contribution in [0, 0.1) is 11.7 Å². The minimum Gasteiger partial charge on any atom is -0.481 e. The molecule has 3 rings (SSSR count). The average molecular weight is 350 g/mol. The van der Waals surface area contributed by atoms with E-state index in [1.807, 2.05) is 0 Å². The first-order chi connectivity index (χ1) is 11.5. The number of hydrogen-bond donors (Lipinski definition) is 2. The van der Waals surface area contributed by atoms with Crippen LogP contribution in [0.4, 0.5) is 10.3 Å². The van der Waals surface area contributed by atoms with Crippen molar-refractivity contribution < 1.29 is 14.3 Å². The minimum absolute atomic E-state index is 0.142. The Hall–Kier alpha value is -2.21. The molecule has 2 N–H and O–H groups in total. The fourth-order valence-corrected chi connectivity index (χ4v) is 3.11. The predicted octanol–water partition coefficient (Wildman–Crippen LogP) is 3.99. The van der Waals surface area contributed by atoms with Gasteiger partial charge in [-0.05, 0) is 49.9 Å². The van der Waals surface area contributed by atoms with Gasteiger partial charge in [-0.1, -0.05) is 11.6 Å². The summed E-state index contributed by atoms with van der Waals surface area (Å²) in [5.41, 5.74) is 1.25. The number of aliphatic carboxylic acids is 1. The topological polar surface area (TPSA) is 75.1 Å². The molecule has 2 aromatic rings. The van der Waals surface area contributed by atoms with Crippen LogP contribution in [0.3, 0.4) is 0 Å². The fraction of sp³-hybridized carbons (Fsp3) is 0.353. The van der Waals surface area contributed by atoms with Gasteiger partial charge in [-0.15, -0.1) is 0 Å². The summed E-state index contributed by atoms with van der Waals surface area (Å²) in [6, 6.07) is 6.08. The third kappa shape index (κ3) is 3.82. The molecule has 0 amide bonds. The predicted molar refractivity (Wildman–Crippen MR) is 89.4 cm³/mol. The van der Waals surface area contributed by atoms with E-state index in [4.69, 9.17) is 16.7 Å². The van der Waals surface area contributed by atoms with Crippen LogP contribution in [-0.4, -0.2) is 27.1 Å². The number of halogens is 2. The maximum Gasteiger partial charge on any atom is 0.306 e. The molecule has 0 unspecified atom stereocenters. The molecule has 24 heavy (non-hydrogen) atoms. The van der Waals surface area contributed by atoms with Gasteiger partial charge in [0.1, 0.15) is 5.82 Å². The van der Waals surface area contributed by atoms with Crippen LogP contribution in [0.15, 0.2) is 30.5 Å². The van der Waals surface area contributed by atoms with Crippen LogP contribution in [0.1, 0.15) is 25.7 Å². The lowest BCUT2D eigenvalue weighted by Crippen LogP contribution is -2.29. The van der Waals surface area contributed by atoms with Gasteiger partial charge in [0.15, 0.2) is 0 Å². The van der Waals surface area contributed by atoms with Crippen molar-refractivity contribution in [3.8, 4) is 11.3 Å². The maximum absolute atomic E-state index is 13.1. The molecule has 1 heterocycles. The summed E-state index contributed by atoms with van der Waals surface area (Å²) in [6.45, 7) is 0. The maximum atomic E-state index is 13.1. The van der Waals surface area contributed by atoms with Gasteiger partial charge in [0, 0.05) is 11.6 Å². The van der Waals surface area contributed by atoms with E-state index >= 15 is 0 Å². The van der Waals surface area contributed by atoms with Crippen molar-refractivity contribution in [2.24, 2.45) is 5.92 Å². The molecule has 1 fully saturated rings. The Morgan fingerprint density at radius 2 is 1.88 bits per heavy atom. The van der Waals surface area contributed by atoms with Crippen LogP contribution >= 0.6 is 11.6 Å². The van der Waals surface area contributed by atoms with Crippen molar-refractivity contribution in [3.05, 3.63) is 41.3 Å². The standard InChI is InChI=1S/C17H17ClFN3O2/c18-14-9-20-17(21-13-7-3-11(4-8-13)16(23)24)22-15(14)10-1-5-12(19)6-2-10/h1-2,5-6,9,11,13H,3-4,7-8H2,(H,23,24)(H,20,21,22)/t11-,13+. The first kappa shape index (κ1) is 16.6. The fourth-order valence-electron chi connectivity index (χ4n) is 2.91. The summed E-state index contributed by atoms with van der Waals surface area (Å²) in [6.07, 6.45) is 4.32. The number of carboxylic acid groups (broad SMARTS) is 1. The highest BCUT2D eigenvalue weighted by atomic mass is 35.5. The summed E-state index contributed by atoms with van der Waals surface area (Å²) in [5, 5.41) is 12.7. The van der Waals surface area contributed by atoms with Gasteiger partial charge < -0.3 is 10.4 Å². The molecule has 1 aliphatic carbocycles. The first-order valence-corrected chi connectivity index (χ1v) is 8.18. The van der Waals surface area contributed by atoms with Gasteiger partial charge in [-0.2, -0.15) is 0 Å². The number of anilines is 1. The normalized spacial score (nSPS) is 20.6. The van der Waals surface area contributed by atoms with Gasteiger partial charge >= 0.3 is 5.97 Å². The zero-order valence-electron chi connectivity index (χ0n) is 12.9. The number of nitrogens with one attached hydrogen (secondary N) is 1. The van der Waals surface area contributed by atoms with Gasteiger partial charge in [0.2, 0.25) is 5.95 Å². The van der Waals surface area contributed by atoms with Crippen LogP contribution < -0.4 is 5.32 Å². The van der Waals surface area contributed by atoms with Crippen molar-refractivity contribution in [2.75, 3.05) is 5.32 Å². The molecule has 1 aromatic carbocycles. The molecule has 0 aliphatic heterocycles. The Labute approximate surface area is 143 Å². The van der Waals surface area contributed by atoms with E-state index in [-0.39, 0.29) is 17.8 Å². The number of aromatic nitrogens is 2. The molecule has 126 valence electrons. The smallest absolute Gasteiger partial charge is 0.306 e. The Balaban J connectivity index is 1.72.